The van der Waals surface area contributed by atoms with Gasteiger partial charge in [0.05, 0.1) is 7.11 Å². The van der Waals surface area contributed by atoms with Crippen LogP contribution in [0.3, 0.4) is 0 Å². The van der Waals surface area contributed by atoms with Crippen LogP contribution in [-0.4, -0.2) is 47.5 Å². The van der Waals surface area contributed by atoms with Crippen molar-refractivity contribution in [2.75, 3.05) is 13.7 Å². The lowest BCUT2D eigenvalue weighted by atomic mass is 9.77. The minimum atomic E-state index is -3.79. The molecule has 172 valence electrons. The summed E-state index contributed by atoms with van der Waals surface area (Å²) in [6.07, 6.45) is 2.42. The number of nitrogens with zero attached hydrogens (tertiary/aromatic N) is 3. The van der Waals surface area contributed by atoms with Crippen molar-refractivity contribution in [2.24, 2.45) is 4.99 Å². The molecule has 1 aromatic heterocycles. The molecule has 3 rings (SSSR count). The predicted molar refractivity (Wildman–Crippen MR) is 104 cm³/mol. The van der Waals surface area contributed by atoms with Gasteiger partial charge in [-0.1, -0.05) is 0 Å². The first-order valence-corrected chi connectivity index (χ1v) is 9.28. The SMILES string of the molecule is COc1ncc(-c2cc(C3(C)N=C(NOC=O)COC(C)(C)C3(F)F)c(F)cc2F)cn1. The van der Waals surface area contributed by atoms with Gasteiger partial charge in [0.25, 0.3) is 0 Å². The summed E-state index contributed by atoms with van der Waals surface area (Å²) in [5.41, 5.74) is -3.34. The van der Waals surface area contributed by atoms with E-state index in [0.717, 1.165) is 26.8 Å². The summed E-state index contributed by atoms with van der Waals surface area (Å²) in [6, 6.07) is 1.42. The number of rotatable bonds is 5. The van der Waals surface area contributed by atoms with Crippen LogP contribution in [0.15, 0.2) is 29.5 Å². The Labute approximate surface area is 180 Å². The first kappa shape index (κ1) is 23.4. The number of nitrogens with one attached hydrogen (secondary N) is 1. The van der Waals surface area contributed by atoms with Crippen molar-refractivity contribution in [3.63, 3.8) is 0 Å². The lowest BCUT2D eigenvalue weighted by molar-refractivity contribution is -0.214. The average Bonchev–Trinajstić information content (AvgIpc) is 2.81. The minimum Gasteiger partial charge on any atom is -0.467 e. The Balaban J connectivity index is 2.23. The van der Waals surface area contributed by atoms with Gasteiger partial charge in [0.1, 0.15) is 23.8 Å². The van der Waals surface area contributed by atoms with E-state index >= 15 is 8.78 Å². The van der Waals surface area contributed by atoms with Crippen LogP contribution in [0.5, 0.6) is 6.01 Å². The maximum Gasteiger partial charge on any atom is 0.320 e. The van der Waals surface area contributed by atoms with Crippen LogP contribution in [0.1, 0.15) is 26.3 Å². The second-order valence-corrected chi connectivity index (χ2v) is 7.59. The van der Waals surface area contributed by atoms with Crippen LogP contribution >= 0.6 is 0 Å². The highest BCUT2D eigenvalue weighted by Crippen LogP contribution is 2.51. The molecule has 0 aliphatic carbocycles. The van der Waals surface area contributed by atoms with Gasteiger partial charge in [0.15, 0.2) is 11.4 Å². The Morgan fingerprint density at radius 3 is 2.38 bits per heavy atom. The summed E-state index contributed by atoms with van der Waals surface area (Å²) < 4.78 is 71.1. The van der Waals surface area contributed by atoms with Crippen molar-refractivity contribution < 1.29 is 36.7 Å². The molecule has 12 heteroatoms. The van der Waals surface area contributed by atoms with Gasteiger partial charge in [-0.3, -0.25) is 4.79 Å². The van der Waals surface area contributed by atoms with Gasteiger partial charge in [0, 0.05) is 35.2 Å². The highest BCUT2D eigenvalue weighted by molar-refractivity contribution is 5.84. The number of hydroxylamine groups is 1. The molecule has 0 saturated carbocycles. The molecule has 0 fully saturated rings. The fourth-order valence-corrected chi connectivity index (χ4v) is 3.38. The number of alkyl halides is 2. The topological polar surface area (TPSA) is 94.9 Å². The lowest BCUT2D eigenvalue weighted by Crippen LogP contribution is -2.56. The normalized spacial score (nSPS) is 21.8. The smallest absolute Gasteiger partial charge is 0.320 e. The summed E-state index contributed by atoms with van der Waals surface area (Å²) in [5, 5.41) is 0. The first-order valence-electron chi connectivity index (χ1n) is 9.28. The molecule has 0 amide bonds. The van der Waals surface area contributed by atoms with Crippen molar-refractivity contribution >= 4 is 12.3 Å². The van der Waals surface area contributed by atoms with Crippen molar-refractivity contribution in [1.29, 1.82) is 0 Å². The molecule has 1 aromatic carbocycles. The standard InChI is InChI=1S/C20H20F4N4O4/c1-18(2)20(23,24)19(3,27-16(9-31-18)28-32-10-29)13-5-12(14(21)6-15(13)22)11-7-25-17(30-4)26-8-11/h5-8,10H,9H2,1-4H3,(H,27,28). The first-order chi connectivity index (χ1) is 15.0. The fourth-order valence-electron chi connectivity index (χ4n) is 3.38. The molecule has 1 aliphatic rings. The van der Waals surface area contributed by atoms with Crippen LogP contribution in [0.2, 0.25) is 0 Å². The van der Waals surface area contributed by atoms with Crippen LogP contribution in [-0.2, 0) is 19.9 Å². The Morgan fingerprint density at radius 2 is 1.78 bits per heavy atom. The van der Waals surface area contributed by atoms with E-state index in [1.807, 2.05) is 0 Å². The number of halogens is 4. The number of aromatic nitrogens is 2. The number of benzene rings is 1. The zero-order valence-corrected chi connectivity index (χ0v) is 17.6. The summed E-state index contributed by atoms with van der Waals surface area (Å²) in [6.45, 7) is 2.76. The molecule has 32 heavy (non-hydrogen) atoms. The third kappa shape index (κ3) is 3.85. The number of amidine groups is 1. The largest absolute Gasteiger partial charge is 0.467 e. The van der Waals surface area contributed by atoms with E-state index in [9.17, 15) is 13.6 Å². The summed E-state index contributed by atoms with van der Waals surface area (Å²) in [4.78, 5) is 26.6. The van der Waals surface area contributed by atoms with Crippen LogP contribution < -0.4 is 10.2 Å². The number of methoxy groups -OCH3 is 1. The van der Waals surface area contributed by atoms with Crippen molar-refractivity contribution in [3.8, 4) is 17.1 Å². The van der Waals surface area contributed by atoms with Gasteiger partial charge in [-0.15, -0.1) is 0 Å². The lowest BCUT2D eigenvalue weighted by Gasteiger charge is -2.42. The Hall–Kier alpha value is -3.28. The molecule has 0 radical (unpaired) electrons. The van der Waals surface area contributed by atoms with Crippen LogP contribution in [0.4, 0.5) is 17.6 Å². The fraction of sp³-hybridized carbons (Fsp3) is 0.400. The molecule has 2 aromatic rings. The molecule has 8 nitrogen and oxygen atoms in total. The molecule has 0 spiro atoms. The highest BCUT2D eigenvalue weighted by atomic mass is 19.3. The highest BCUT2D eigenvalue weighted by Gasteiger charge is 2.64. The maximum absolute atomic E-state index is 15.7. The molecule has 1 aliphatic heterocycles. The molecule has 1 N–H and O–H groups in total. The monoisotopic (exact) mass is 456 g/mol. The number of hydrogen-bond acceptors (Lipinski definition) is 8. The zero-order valence-electron chi connectivity index (χ0n) is 17.6. The Bertz CT molecular complexity index is 1050. The number of carbonyl (C=O) groups excluding carboxylic acids is 1. The van der Waals surface area contributed by atoms with E-state index in [1.54, 1.807) is 0 Å². The minimum absolute atomic E-state index is 0.00755. The number of carbonyl (C=O) groups is 1. The average molecular weight is 456 g/mol. The van der Waals surface area contributed by atoms with Crippen molar-refractivity contribution in [3.05, 3.63) is 41.7 Å². The van der Waals surface area contributed by atoms with Crippen LogP contribution in [0.25, 0.3) is 11.1 Å². The van der Waals surface area contributed by atoms with E-state index in [4.69, 9.17) is 9.47 Å². The summed E-state index contributed by atoms with van der Waals surface area (Å²) >= 11 is 0. The molecule has 2 heterocycles. The van der Waals surface area contributed by atoms with Crippen LogP contribution in [0, 0.1) is 11.6 Å². The number of aliphatic imine (C=N–C) groups is 1. The zero-order chi connectivity index (χ0) is 23.7. The quantitative estimate of drug-likeness (QED) is 0.420. The van der Waals surface area contributed by atoms with Gasteiger partial charge in [-0.2, -0.15) is 0 Å². The van der Waals surface area contributed by atoms with E-state index in [2.05, 4.69) is 25.3 Å². The molecule has 0 bridgehead atoms. The number of hydrogen-bond donors (Lipinski definition) is 1. The van der Waals surface area contributed by atoms with Gasteiger partial charge in [0.2, 0.25) is 0 Å². The third-order valence-corrected chi connectivity index (χ3v) is 5.22. The Kier molecular flexibility index (Phi) is 6.09. The molecule has 1 atom stereocenters. The summed E-state index contributed by atoms with van der Waals surface area (Å²) in [7, 11) is 1.34. The Morgan fingerprint density at radius 1 is 1.12 bits per heavy atom. The molecular weight excluding hydrogens is 436 g/mol. The molecule has 0 saturated heterocycles. The van der Waals surface area contributed by atoms with Crippen molar-refractivity contribution in [1.82, 2.24) is 15.4 Å². The number of ether oxygens (including phenoxy) is 2. The van der Waals surface area contributed by atoms with E-state index in [0.29, 0.717) is 6.07 Å². The van der Waals surface area contributed by atoms with Gasteiger partial charge in [-0.05, 0) is 26.8 Å². The maximum atomic E-state index is 15.7. The molecular formula is C20H20F4N4O4. The van der Waals surface area contributed by atoms with E-state index in [1.165, 1.54) is 19.5 Å². The second-order valence-electron chi connectivity index (χ2n) is 7.59. The van der Waals surface area contributed by atoms with Crippen molar-refractivity contribution in [2.45, 2.75) is 37.8 Å². The third-order valence-electron chi connectivity index (χ3n) is 5.22. The second kappa shape index (κ2) is 8.34. The predicted octanol–water partition coefficient (Wildman–Crippen LogP) is 3.17. The van der Waals surface area contributed by atoms with Gasteiger partial charge >= 0.3 is 18.4 Å². The van der Waals surface area contributed by atoms with Gasteiger partial charge < -0.3 is 14.3 Å². The summed E-state index contributed by atoms with van der Waals surface area (Å²) in [5.74, 6) is -6.35. The van der Waals surface area contributed by atoms with E-state index in [-0.39, 0.29) is 29.4 Å². The molecule has 1 unspecified atom stereocenters. The van der Waals surface area contributed by atoms with E-state index < -0.39 is 40.9 Å². The van der Waals surface area contributed by atoms with Gasteiger partial charge in [-0.25, -0.2) is 38.0 Å².